The molecule has 0 aliphatic carbocycles. The van der Waals surface area contributed by atoms with Crippen LogP contribution in [0.5, 0.6) is 0 Å². The number of hydrogen-bond donors (Lipinski definition) is 2. The van der Waals surface area contributed by atoms with Crippen molar-refractivity contribution in [1.82, 2.24) is 14.5 Å². The molecule has 1 aromatic heterocycles. The smallest absolute Gasteiger partial charge is 0.240 e. The summed E-state index contributed by atoms with van der Waals surface area (Å²) in [4.78, 5) is 0.0684. The maximum absolute atomic E-state index is 13.0. The fourth-order valence-electron chi connectivity index (χ4n) is 1.79. The Morgan fingerprint density at radius 2 is 2.20 bits per heavy atom. The van der Waals surface area contributed by atoms with E-state index in [1.165, 1.54) is 23.0 Å². The van der Waals surface area contributed by atoms with Crippen molar-refractivity contribution >= 4 is 15.7 Å². The molecule has 0 radical (unpaired) electrons. The average Bonchev–Trinajstić information content (AvgIpc) is 2.74. The summed E-state index contributed by atoms with van der Waals surface area (Å²) < 4.78 is 41.1. The molecule has 0 saturated heterocycles. The van der Waals surface area contributed by atoms with Gasteiger partial charge in [0.15, 0.2) is 0 Å². The summed E-state index contributed by atoms with van der Waals surface area (Å²) in [6.07, 6.45) is 3.09. The van der Waals surface area contributed by atoms with E-state index < -0.39 is 15.8 Å². The summed E-state index contributed by atoms with van der Waals surface area (Å²) in [6.45, 7) is 2.07. The molecule has 1 heterocycles. The Balaban J connectivity index is 2.04. The molecule has 0 atom stereocenters. The van der Waals surface area contributed by atoms with Crippen LogP contribution >= 0.6 is 0 Å². The van der Waals surface area contributed by atoms with Crippen LogP contribution < -0.4 is 10.5 Å². The van der Waals surface area contributed by atoms with Crippen LogP contribution in [-0.2, 0) is 16.6 Å². The van der Waals surface area contributed by atoms with Gasteiger partial charge in [0.1, 0.15) is 5.82 Å². The Hall–Kier alpha value is -1.93. The normalized spacial score (nSPS) is 11.7. The van der Waals surface area contributed by atoms with E-state index in [9.17, 15) is 12.8 Å². The first-order valence-electron chi connectivity index (χ1n) is 5.92. The number of nitrogen functional groups attached to an aromatic ring is 1. The van der Waals surface area contributed by atoms with E-state index in [0.29, 0.717) is 17.8 Å². The third-order valence-corrected chi connectivity index (χ3v) is 4.33. The first kappa shape index (κ1) is 14.5. The lowest BCUT2D eigenvalue weighted by Crippen LogP contribution is -2.28. The van der Waals surface area contributed by atoms with Gasteiger partial charge in [-0.2, -0.15) is 5.10 Å². The molecular weight excluding hydrogens is 283 g/mol. The van der Waals surface area contributed by atoms with Crippen molar-refractivity contribution < 1.29 is 12.8 Å². The van der Waals surface area contributed by atoms with Crippen LogP contribution in [0.25, 0.3) is 0 Å². The lowest BCUT2D eigenvalue weighted by atomic mass is 10.2. The molecule has 0 amide bonds. The van der Waals surface area contributed by atoms with Gasteiger partial charge in [0.25, 0.3) is 0 Å². The van der Waals surface area contributed by atoms with Crippen LogP contribution in [0.2, 0.25) is 0 Å². The van der Waals surface area contributed by atoms with E-state index in [-0.39, 0.29) is 11.4 Å². The number of halogens is 1. The fourth-order valence-corrected chi connectivity index (χ4v) is 3.03. The van der Waals surface area contributed by atoms with Gasteiger partial charge in [-0.15, -0.1) is 0 Å². The highest BCUT2D eigenvalue weighted by Crippen LogP contribution is 2.15. The summed E-state index contributed by atoms with van der Waals surface area (Å²) in [6, 6.07) is 3.55. The third-order valence-electron chi connectivity index (χ3n) is 2.71. The van der Waals surface area contributed by atoms with Gasteiger partial charge in [0.05, 0.1) is 23.3 Å². The largest absolute Gasteiger partial charge is 0.396 e. The third kappa shape index (κ3) is 3.34. The van der Waals surface area contributed by atoms with Crippen LogP contribution in [0.4, 0.5) is 10.1 Å². The highest BCUT2D eigenvalue weighted by atomic mass is 32.2. The Labute approximate surface area is 116 Å². The van der Waals surface area contributed by atoms with Crippen molar-refractivity contribution in [1.29, 1.82) is 0 Å². The molecule has 0 saturated carbocycles. The number of rotatable bonds is 5. The van der Waals surface area contributed by atoms with Crippen molar-refractivity contribution in [3.05, 3.63) is 42.0 Å². The topological polar surface area (TPSA) is 90.0 Å². The zero-order valence-electron chi connectivity index (χ0n) is 10.9. The molecule has 2 aromatic rings. The number of sulfonamides is 1. The number of nitrogens with zero attached hydrogens (tertiary/aromatic N) is 2. The molecule has 0 aliphatic heterocycles. The van der Waals surface area contributed by atoms with Gasteiger partial charge in [-0.3, -0.25) is 4.68 Å². The van der Waals surface area contributed by atoms with Crippen LogP contribution in [0.15, 0.2) is 35.5 Å². The summed E-state index contributed by atoms with van der Waals surface area (Å²) in [5.41, 5.74) is 6.38. The fraction of sp³-hybridized carbons (Fsp3) is 0.250. The van der Waals surface area contributed by atoms with Gasteiger partial charge < -0.3 is 5.73 Å². The second kappa shape index (κ2) is 5.59. The maximum atomic E-state index is 13.0. The van der Waals surface area contributed by atoms with E-state index in [2.05, 4.69) is 9.82 Å². The molecule has 108 valence electrons. The minimum Gasteiger partial charge on any atom is -0.396 e. The van der Waals surface area contributed by atoms with Gasteiger partial charge >= 0.3 is 0 Å². The van der Waals surface area contributed by atoms with E-state index in [1.807, 2.05) is 0 Å². The quantitative estimate of drug-likeness (QED) is 0.858. The highest BCUT2D eigenvalue weighted by Gasteiger charge is 2.16. The van der Waals surface area contributed by atoms with Crippen LogP contribution in [0.3, 0.4) is 0 Å². The minimum absolute atomic E-state index is 0.0684. The predicted molar refractivity (Wildman–Crippen MR) is 73.0 cm³/mol. The molecule has 20 heavy (non-hydrogen) atoms. The predicted octanol–water partition coefficient (Wildman–Crippen LogP) is 0.891. The van der Waals surface area contributed by atoms with E-state index in [1.54, 1.807) is 13.1 Å². The van der Waals surface area contributed by atoms with Gasteiger partial charge in [-0.25, -0.2) is 17.5 Å². The molecule has 3 N–H and O–H groups in total. The van der Waals surface area contributed by atoms with Crippen molar-refractivity contribution in [3.8, 4) is 0 Å². The molecule has 1 aromatic carbocycles. The number of hydrogen-bond acceptors (Lipinski definition) is 4. The molecule has 8 heteroatoms. The molecule has 0 unspecified atom stereocenters. The summed E-state index contributed by atoms with van der Waals surface area (Å²) in [5.74, 6) is -0.464. The second-order valence-electron chi connectivity index (χ2n) is 4.34. The highest BCUT2D eigenvalue weighted by molar-refractivity contribution is 7.89. The van der Waals surface area contributed by atoms with E-state index >= 15 is 0 Å². The zero-order chi connectivity index (χ0) is 14.8. The first-order valence-corrected chi connectivity index (χ1v) is 7.40. The molecule has 0 fully saturated rings. The molecule has 6 nitrogen and oxygen atoms in total. The van der Waals surface area contributed by atoms with Crippen molar-refractivity contribution in [3.63, 3.8) is 0 Å². The molecule has 0 spiro atoms. The standard InChI is InChI=1S/C12H15FN4O2S/c1-9-6-10(13)2-3-12(9)20(18,19)16-4-5-17-8-11(14)7-15-17/h2-3,6-8,16H,4-5,14H2,1H3. The van der Waals surface area contributed by atoms with Gasteiger partial charge in [-0.1, -0.05) is 0 Å². The number of aromatic nitrogens is 2. The number of nitrogens with two attached hydrogens (primary N) is 1. The molecule has 2 rings (SSSR count). The SMILES string of the molecule is Cc1cc(F)ccc1S(=O)(=O)NCCn1cc(N)cn1. The molecule has 0 bridgehead atoms. The van der Waals surface area contributed by atoms with E-state index in [0.717, 1.165) is 6.07 Å². The Bertz CT molecular complexity index is 712. The lowest BCUT2D eigenvalue weighted by Gasteiger charge is -2.09. The summed E-state index contributed by atoms with van der Waals surface area (Å²) in [5, 5.41) is 3.94. The Kier molecular flexibility index (Phi) is 4.05. The number of nitrogens with one attached hydrogen (secondary N) is 1. The summed E-state index contributed by atoms with van der Waals surface area (Å²) in [7, 11) is -3.66. The minimum atomic E-state index is -3.66. The van der Waals surface area contributed by atoms with Gasteiger partial charge in [0, 0.05) is 12.7 Å². The van der Waals surface area contributed by atoms with E-state index in [4.69, 9.17) is 5.73 Å². The van der Waals surface area contributed by atoms with Crippen LogP contribution in [-0.4, -0.2) is 24.7 Å². The Morgan fingerprint density at radius 1 is 1.45 bits per heavy atom. The van der Waals surface area contributed by atoms with Gasteiger partial charge in [-0.05, 0) is 30.7 Å². The van der Waals surface area contributed by atoms with Crippen LogP contribution in [0.1, 0.15) is 5.56 Å². The Morgan fingerprint density at radius 3 is 2.80 bits per heavy atom. The van der Waals surface area contributed by atoms with Gasteiger partial charge in [0.2, 0.25) is 10.0 Å². The van der Waals surface area contributed by atoms with Crippen molar-refractivity contribution in [2.45, 2.75) is 18.4 Å². The second-order valence-corrected chi connectivity index (χ2v) is 6.08. The summed E-state index contributed by atoms with van der Waals surface area (Å²) >= 11 is 0. The lowest BCUT2D eigenvalue weighted by molar-refractivity contribution is 0.560. The molecular formula is C12H15FN4O2S. The number of anilines is 1. The number of benzene rings is 1. The monoisotopic (exact) mass is 298 g/mol. The molecule has 0 aliphatic rings. The zero-order valence-corrected chi connectivity index (χ0v) is 11.7. The van der Waals surface area contributed by atoms with Crippen molar-refractivity contribution in [2.75, 3.05) is 12.3 Å². The van der Waals surface area contributed by atoms with Crippen molar-refractivity contribution in [2.24, 2.45) is 0 Å². The maximum Gasteiger partial charge on any atom is 0.240 e. The average molecular weight is 298 g/mol. The number of aryl methyl sites for hydroxylation is 1. The van der Waals surface area contributed by atoms with Crippen LogP contribution in [0, 0.1) is 12.7 Å². The first-order chi connectivity index (χ1) is 9.38.